The van der Waals surface area contributed by atoms with Crippen LogP contribution in [0.25, 0.3) is 0 Å². The van der Waals surface area contributed by atoms with Crippen molar-refractivity contribution in [1.82, 2.24) is 9.62 Å². The Hall–Kier alpha value is -1.44. The molecule has 2 N–H and O–H groups in total. The van der Waals surface area contributed by atoms with E-state index >= 15 is 0 Å². The summed E-state index contributed by atoms with van der Waals surface area (Å²) < 4.78 is 27.0. The van der Waals surface area contributed by atoms with Gasteiger partial charge in [-0.05, 0) is 31.0 Å². The second-order valence-electron chi connectivity index (χ2n) is 5.82. The fraction of sp³-hybridized carbons (Fsp3) is 0.562. The Morgan fingerprint density at radius 1 is 1.30 bits per heavy atom. The molecular weight excluding hydrogens is 316 g/mol. The van der Waals surface area contributed by atoms with E-state index in [1.165, 1.54) is 16.4 Å². The van der Waals surface area contributed by atoms with Gasteiger partial charge < -0.3 is 10.4 Å². The van der Waals surface area contributed by atoms with E-state index < -0.39 is 15.9 Å². The number of amides is 1. The number of carbonyl (C=O) groups is 1. The van der Waals surface area contributed by atoms with Gasteiger partial charge in [-0.3, -0.25) is 4.79 Å². The molecule has 0 saturated heterocycles. The fourth-order valence-electron chi connectivity index (χ4n) is 2.88. The number of hydrogen-bond donors (Lipinski definition) is 2. The number of sulfonamides is 1. The van der Waals surface area contributed by atoms with Gasteiger partial charge in [-0.15, -0.1) is 0 Å². The molecule has 23 heavy (non-hydrogen) atoms. The van der Waals surface area contributed by atoms with E-state index in [0.717, 1.165) is 32.1 Å². The lowest BCUT2D eigenvalue weighted by molar-refractivity contribution is 0.0944. The zero-order valence-electron chi connectivity index (χ0n) is 13.4. The third kappa shape index (κ3) is 4.31. The van der Waals surface area contributed by atoms with Crippen LogP contribution in [0.1, 0.15) is 42.5 Å². The zero-order chi connectivity index (χ0) is 16.9. The van der Waals surface area contributed by atoms with Crippen LogP contribution >= 0.6 is 0 Å². The van der Waals surface area contributed by atoms with Gasteiger partial charge in [0.2, 0.25) is 10.0 Å². The quantitative estimate of drug-likeness (QED) is 0.819. The molecule has 0 aromatic heterocycles. The van der Waals surface area contributed by atoms with E-state index in [2.05, 4.69) is 5.32 Å². The maximum Gasteiger partial charge on any atom is 0.251 e. The van der Waals surface area contributed by atoms with Gasteiger partial charge in [-0.2, -0.15) is 4.31 Å². The van der Waals surface area contributed by atoms with E-state index in [9.17, 15) is 13.2 Å². The smallest absolute Gasteiger partial charge is 0.251 e. The number of benzene rings is 1. The average Bonchev–Trinajstić information content (AvgIpc) is 2.59. The number of aliphatic hydroxyl groups is 1. The maximum atomic E-state index is 12.8. The van der Waals surface area contributed by atoms with Crippen molar-refractivity contribution in [3.63, 3.8) is 0 Å². The minimum atomic E-state index is -3.61. The van der Waals surface area contributed by atoms with E-state index in [4.69, 9.17) is 5.11 Å². The van der Waals surface area contributed by atoms with Gasteiger partial charge in [0.05, 0.1) is 11.5 Å². The largest absolute Gasteiger partial charge is 0.395 e. The average molecular weight is 340 g/mol. The van der Waals surface area contributed by atoms with Crippen LogP contribution in [0.3, 0.4) is 0 Å². The molecule has 6 nitrogen and oxygen atoms in total. The van der Waals surface area contributed by atoms with Crippen molar-refractivity contribution < 1.29 is 18.3 Å². The van der Waals surface area contributed by atoms with Crippen LogP contribution in [0.2, 0.25) is 0 Å². The molecule has 0 atom stereocenters. The standard InChI is InChI=1S/C16H24N2O4S/c1-18(14-7-3-2-4-8-14)23(21,22)15-9-5-6-13(12-15)16(20)17-10-11-19/h5-6,9,12,14,19H,2-4,7-8,10-11H2,1H3,(H,17,20). The summed E-state index contributed by atoms with van der Waals surface area (Å²) in [6.45, 7) is -0.0219. The van der Waals surface area contributed by atoms with Crippen molar-refractivity contribution in [2.24, 2.45) is 0 Å². The van der Waals surface area contributed by atoms with Gasteiger partial charge in [0.25, 0.3) is 5.91 Å². The first-order chi connectivity index (χ1) is 11.0. The third-order valence-electron chi connectivity index (χ3n) is 4.26. The molecule has 1 aromatic carbocycles. The van der Waals surface area contributed by atoms with Crippen molar-refractivity contribution in [3.8, 4) is 0 Å². The van der Waals surface area contributed by atoms with Crippen LogP contribution in [0.15, 0.2) is 29.2 Å². The summed E-state index contributed by atoms with van der Waals surface area (Å²) >= 11 is 0. The lowest BCUT2D eigenvalue weighted by Gasteiger charge is -2.30. The van der Waals surface area contributed by atoms with Crippen molar-refractivity contribution in [2.45, 2.75) is 43.0 Å². The van der Waals surface area contributed by atoms with Crippen LogP contribution < -0.4 is 5.32 Å². The van der Waals surface area contributed by atoms with Crippen molar-refractivity contribution in [3.05, 3.63) is 29.8 Å². The first-order valence-electron chi connectivity index (χ1n) is 7.94. The number of rotatable bonds is 6. The highest BCUT2D eigenvalue weighted by Gasteiger charge is 2.29. The molecule has 1 aliphatic rings. The summed E-state index contributed by atoms with van der Waals surface area (Å²) in [5, 5.41) is 11.3. The van der Waals surface area contributed by atoms with E-state index in [1.54, 1.807) is 19.2 Å². The topological polar surface area (TPSA) is 86.7 Å². The molecule has 1 saturated carbocycles. The van der Waals surface area contributed by atoms with Crippen molar-refractivity contribution in [2.75, 3.05) is 20.2 Å². The Balaban J connectivity index is 2.20. The molecule has 0 aliphatic heterocycles. The molecule has 0 radical (unpaired) electrons. The molecule has 1 amide bonds. The van der Waals surface area contributed by atoms with E-state index in [1.807, 2.05) is 0 Å². The number of aliphatic hydroxyl groups excluding tert-OH is 1. The molecular formula is C16H24N2O4S. The molecule has 1 fully saturated rings. The SMILES string of the molecule is CN(C1CCCCC1)S(=O)(=O)c1cccc(C(=O)NCCO)c1. The van der Waals surface area contributed by atoms with Gasteiger partial charge >= 0.3 is 0 Å². The lowest BCUT2D eigenvalue weighted by Crippen LogP contribution is -2.38. The van der Waals surface area contributed by atoms with Gasteiger partial charge in [0.1, 0.15) is 0 Å². The predicted molar refractivity (Wildman–Crippen MR) is 87.7 cm³/mol. The monoisotopic (exact) mass is 340 g/mol. The third-order valence-corrected chi connectivity index (χ3v) is 6.17. The van der Waals surface area contributed by atoms with Gasteiger partial charge in [-0.25, -0.2) is 8.42 Å². The molecule has 0 bridgehead atoms. The van der Waals surface area contributed by atoms with Crippen LogP contribution in [-0.2, 0) is 10.0 Å². The summed E-state index contributed by atoms with van der Waals surface area (Å²) in [6.07, 6.45) is 5.02. The Bertz CT molecular complexity index is 639. The van der Waals surface area contributed by atoms with Crippen LogP contribution in [0.5, 0.6) is 0 Å². The van der Waals surface area contributed by atoms with Crippen LogP contribution in [-0.4, -0.2) is 50.0 Å². The molecule has 1 aromatic rings. The summed E-state index contributed by atoms with van der Waals surface area (Å²) in [4.78, 5) is 12.1. The first-order valence-corrected chi connectivity index (χ1v) is 9.38. The van der Waals surface area contributed by atoms with Gasteiger partial charge in [0.15, 0.2) is 0 Å². The molecule has 0 unspecified atom stereocenters. The number of nitrogens with zero attached hydrogens (tertiary/aromatic N) is 1. The molecule has 2 rings (SSSR count). The second kappa shape index (κ2) is 7.90. The molecule has 1 aliphatic carbocycles. The van der Waals surface area contributed by atoms with Gasteiger partial charge in [0, 0.05) is 25.2 Å². The Kier molecular flexibility index (Phi) is 6.15. The zero-order valence-corrected chi connectivity index (χ0v) is 14.2. The minimum absolute atomic E-state index is 0.0284. The fourth-order valence-corrected chi connectivity index (χ4v) is 4.34. The highest BCUT2D eigenvalue weighted by molar-refractivity contribution is 7.89. The summed E-state index contributed by atoms with van der Waals surface area (Å²) in [5.41, 5.74) is 0.275. The number of nitrogens with one attached hydrogen (secondary N) is 1. The maximum absolute atomic E-state index is 12.8. The van der Waals surface area contributed by atoms with Crippen LogP contribution in [0.4, 0.5) is 0 Å². The number of carbonyl (C=O) groups excluding carboxylic acids is 1. The van der Waals surface area contributed by atoms with Crippen molar-refractivity contribution in [1.29, 1.82) is 0 Å². The Morgan fingerprint density at radius 3 is 2.65 bits per heavy atom. The highest BCUT2D eigenvalue weighted by Crippen LogP contribution is 2.26. The Labute approximate surface area is 137 Å². The summed E-state index contributed by atoms with van der Waals surface area (Å²) in [7, 11) is -2.00. The first kappa shape index (κ1) is 17.9. The molecule has 0 heterocycles. The van der Waals surface area contributed by atoms with E-state index in [0.29, 0.717) is 0 Å². The summed E-state index contributed by atoms with van der Waals surface area (Å²) in [6, 6.07) is 6.06. The highest BCUT2D eigenvalue weighted by atomic mass is 32.2. The predicted octanol–water partition coefficient (Wildman–Crippen LogP) is 1.36. The van der Waals surface area contributed by atoms with Crippen LogP contribution in [0, 0.1) is 0 Å². The van der Waals surface area contributed by atoms with Gasteiger partial charge in [-0.1, -0.05) is 25.3 Å². The van der Waals surface area contributed by atoms with Crippen molar-refractivity contribution >= 4 is 15.9 Å². The summed E-state index contributed by atoms with van der Waals surface area (Å²) in [5.74, 6) is -0.392. The molecule has 128 valence electrons. The normalized spacial score (nSPS) is 16.5. The number of hydrogen-bond acceptors (Lipinski definition) is 4. The molecule has 0 spiro atoms. The Morgan fingerprint density at radius 2 is 2.00 bits per heavy atom. The molecule has 7 heteroatoms. The minimum Gasteiger partial charge on any atom is -0.395 e. The second-order valence-corrected chi connectivity index (χ2v) is 7.82. The van der Waals surface area contributed by atoms with E-state index in [-0.39, 0.29) is 29.7 Å². The lowest BCUT2D eigenvalue weighted by atomic mass is 9.96.